The van der Waals surface area contributed by atoms with Crippen LogP contribution in [0, 0.1) is 51.3 Å². The van der Waals surface area contributed by atoms with Crippen LogP contribution in [0.2, 0.25) is 0 Å². The predicted molar refractivity (Wildman–Crippen MR) is 416 cm³/mol. The molecule has 0 unspecified atom stereocenters. The van der Waals surface area contributed by atoms with Crippen molar-refractivity contribution in [1.82, 2.24) is 75.3 Å². The van der Waals surface area contributed by atoms with Crippen LogP contribution in [0.1, 0.15) is 93.6 Å². The highest BCUT2D eigenvalue weighted by Gasteiger charge is 2.55. The highest BCUT2D eigenvalue weighted by Crippen LogP contribution is 2.49. The Morgan fingerprint density at radius 1 is 0.611 bits per heavy atom. The molecule has 8 aliphatic rings. The van der Waals surface area contributed by atoms with Crippen molar-refractivity contribution in [3.63, 3.8) is 0 Å². The molecule has 18 rings (SSSR count). The Kier molecular flexibility index (Phi) is 20.1. The van der Waals surface area contributed by atoms with Crippen molar-refractivity contribution in [3.05, 3.63) is 143 Å². The van der Waals surface area contributed by atoms with Crippen molar-refractivity contribution in [3.8, 4) is 0 Å². The first-order valence-electron chi connectivity index (χ1n) is 36.0. The first kappa shape index (κ1) is 72.5. The van der Waals surface area contributed by atoms with E-state index in [4.69, 9.17) is 19.7 Å². The van der Waals surface area contributed by atoms with Crippen LogP contribution in [-0.2, 0) is 16.1 Å². The molecule has 26 nitrogen and oxygen atoms in total. The molecule has 34 heteroatoms. The number of benzene rings is 3. The van der Waals surface area contributed by atoms with Crippen LogP contribution in [0.15, 0.2) is 133 Å². The number of carbonyl (C=O) groups is 2. The number of aliphatic hydroxyl groups is 1. The lowest BCUT2D eigenvalue weighted by molar-refractivity contribution is -0.141. The molecule has 0 atom stereocenters. The fourth-order valence-corrected chi connectivity index (χ4v) is 16.2. The Balaban J connectivity index is 0.000000192. The number of nitrogens with zero attached hydrogens (tertiary/aromatic N) is 15. The van der Waals surface area contributed by atoms with Crippen molar-refractivity contribution >= 4 is 116 Å². The van der Waals surface area contributed by atoms with Crippen molar-refractivity contribution in [1.29, 1.82) is 0 Å². The summed E-state index contributed by atoms with van der Waals surface area (Å²) in [6.45, 7) is 13.2. The second kappa shape index (κ2) is 30.0. The van der Waals surface area contributed by atoms with E-state index in [1.54, 1.807) is 18.2 Å². The van der Waals surface area contributed by atoms with Gasteiger partial charge in [-0.3, -0.25) is 34.8 Å². The number of aryl methyl sites for hydroxylation is 4. The lowest BCUT2D eigenvalue weighted by atomic mass is 9.89. The molecule has 3 saturated carbocycles. The van der Waals surface area contributed by atoms with Gasteiger partial charge in [-0.1, -0.05) is 6.07 Å². The number of H-pyrrole nitrogens is 3. The molecule has 4 saturated heterocycles. The van der Waals surface area contributed by atoms with Crippen LogP contribution >= 0.6 is 35.3 Å². The fourth-order valence-electron chi connectivity index (χ4n) is 13.8. The molecule has 0 spiro atoms. The molecule has 5 aliphatic heterocycles. The predicted octanol–water partition coefficient (Wildman–Crippen LogP) is 14.6. The minimum absolute atomic E-state index is 0. The van der Waals surface area contributed by atoms with E-state index >= 15 is 0 Å². The third-order valence-corrected chi connectivity index (χ3v) is 22.5. The smallest absolute Gasteiger partial charge is 0.386 e. The first-order chi connectivity index (χ1) is 52.0. The van der Waals surface area contributed by atoms with Gasteiger partial charge >= 0.3 is 6.18 Å². The number of alkyl halides is 4. The summed E-state index contributed by atoms with van der Waals surface area (Å²) in [5, 5.41) is 47.1. The van der Waals surface area contributed by atoms with Crippen LogP contribution in [0.25, 0.3) is 10.9 Å². The van der Waals surface area contributed by atoms with Crippen molar-refractivity contribution in [2.24, 2.45) is 17.8 Å². The number of aromatic amines is 3. The number of nitrogens with one attached hydrogen (secondary N) is 7. The molecular weight excluding hydrogens is 1450 g/mol. The number of hydrogen-bond donors (Lipinski definition) is 8. The molecule has 0 radical (unpaired) electrons. The summed E-state index contributed by atoms with van der Waals surface area (Å²) >= 11 is 4.01. The van der Waals surface area contributed by atoms with Gasteiger partial charge in [-0.2, -0.15) is 28.5 Å². The SMILES string of the molecule is Cc1cc(Nc2cc(N3CC(F)(C4CC4)C3)nc(Sc3ccc(NC(=O)CC4CC4)cc3)n2)n[nH]1.Cc1cc(Nc2cc(N3CC(N4CCOCC4)C3)nc(Sc3ccc4c(c3)CN(CC(F)(F)F)C4=O)n2)n[nH]1.Cc1ccc2cc(Sc3nc(Nc4cc(C)[nH]n4)cc(N4CC(O)(C5CC5)C4)n3)cc(F)c2n1.[HH].[HH].[HH].[HH].[HH].[HH].[HH]. The number of β-amino-alcohol motifs (C(OH)–C–C–N with tert-alkyl or cyclic N) is 1. The fraction of sp³-hybridized carbons (Fsp3) is 0.405. The quantitative estimate of drug-likeness (QED) is 0.0231. The van der Waals surface area contributed by atoms with Gasteiger partial charge in [0.15, 0.2) is 38.7 Å². The molecule has 7 fully saturated rings. The van der Waals surface area contributed by atoms with Crippen LogP contribution in [0.5, 0.6) is 0 Å². The second-order valence-electron chi connectivity index (χ2n) is 29.0. The molecule has 108 heavy (non-hydrogen) atoms. The molecule has 7 aromatic heterocycles. The molecule has 3 aromatic carbocycles. The minimum atomic E-state index is -4.45. The maximum Gasteiger partial charge on any atom is 0.406 e. The highest BCUT2D eigenvalue weighted by molar-refractivity contribution is 7.99. The summed E-state index contributed by atoms with van der Waals surface area (Å²) < 4.78 is 73.9. The van der Waals surface area contributed by atoms with Crippen LogP contribution < -0.4 is 36.0 Å². The number of amides is 2. The summed E-state index contributed by atoms with van der Waals surface area (Å²) in [7, 11) is 0. The van der Waals surface area contributed by atoms with Gasteiger partial charge in [0, 0.05) is 146 Å². The summed E-state index contributed by atoms with van der Waals surface area (Å²) in [6, 6.07) is 31.5. The summed E-state index contributed by atoms with van der Waals surface area (Å²) in [5.41, 5.74) is 3.83. The Morgan fingerprint density at radius 3 is 1.67 bits per heavy atom. The van der Waals surface area contributed by atoms with Gasteiger partial charge in [0.25, 0.3) is 5.91 Å². The third kappa shape index (κ3) is 17.5. The molecule has 2 amide bonds. The monoisotopic (exact) mass is 1540 g/mol. The van der Waals surface area contributed by atoms with Crippen molar-refractivity contribution < 1.29 is 51.4 Å². The molecule has 12 heterocycles. The molecule has 0 bridgehead atoms. The Bertz CT molecular complexity index is 5010. The van der Waals surface area contributed by atoms with Gasteiger partial charge in [0.1, 0.15) is 58.2 Å². The van der Waals surface area contributed by atoms with Gasteiger partial charge in [-0.05, 0) is 185 Å². The molecule has 3 aliphatic carbocycles. The van der Waals surface area contributed by atoms with E-state index in [9.17, 15) is 36.6 Å². The van der Waals surface area contributed by atoms with E-state index in [-0.39, 0.29) is 34.2 Å². The van der Waals surface area contributed by atoms with Gasteiger partial charge in [0.2, 0.25) is 5.91 Å². The molecule has 10 aromatic rings. The Hall–Kier alpha value is -9.74. The lowest BCUT2D eigenvalue weighted by Gasteiger charge is -2.47. The summed E-state index contributed by atoms with van der Waals surface area (Å²) in [5.74, 6) is 6.14. The van der Waals surface area contributed by atoms with Crippen molar-refractivity contribution in [2.75, 3.05) is 108 Å². The van der Waals surface area contributed by atoms with E-state index in [0.717, 1.165) is 138 Å². The number of halogens is 5. The number of rotatable bonds is 22. The number of pyridine rings is 1. The van der Waals surface area contributed by atoms with Crippen molar-refractivity contribution in [2.45, 2.75) is 133 Å². The molecule has 8 N–H and O–H groups in total. The average Bonchev–Trinajstić information content (AvgIpc) is 1.65. The topological polar surface area (TPSA) is 304 Å². The Labute approximate surface area is 641 Å². The minimum Gasteiger partial charge on any atom is -0.386 e. The summed E-state index contributed by atoms with van der Waals surface area (Å²) in [6.07, 6.45) is 2.60. The van der Waals surface area contributed by atoms with Gasteiger partial charge in [0.05, 0.1) is 39.4 Å². The zero-order chi connectivity index (χ0) is 74.6. The number of anilines is 10. The number of carbonyl (C=O) groups excluding carboxylic acids is 2. The second-order valence-corrected chi connectivity index (χ2v) is 32.1. The van der Waals surface area contributed by atoms with E-state index < -0.39 is 29.9 Å². The van der Waals surface area contributed by atoms with E-state index in [1.165, 1.54) is 41.4 Å². The van der Waals surface area contributed by atoms with E-state index in [0.29, 0.717) is 128 Å². The third-order valence-electron chi connectivity index (χ3n) is 20.0. The number of hydrogen-bond acceptors (Lipinski definition) is 24. The van der Waals surface area contributed by atoms with E-state index in [2.05, 4.69) is 86.5 Å². The zero-order valence-corrected chi connectivity index (χ0v) is 62.0. The zero-order valence-electron chi connectivity index (χ0n) is 59.6. The maximum atomic E-state index is 15.0. The standard InChI is InChI=1S/C25H27F3N8O2S.C25H28FN7OS.C24H24FN7OS.7H2/c1-15-8-21(33-32-15)29-20-10-22(35-12-17(13-35)34-4-6-38-7-5-34)31-24(30-20)39-18-2-3-19-16(9-18)11-36(23(19)37)14-25(26,27)28;1-15-10-21(32-31-15)28-20-12-22(33-13-25(26,14-33)17-4-5-17)30-24(29-20)35-19-8-6-18(7-9-19)27-23(34)11-16-2-3-16;1-13-3-4-15-8-17(9-18(25)22(15)26-13)34-23-28-19(27-20-7-14(2)30-31-20)10-21(29-23)32-11-24(33,12-32)16-5-6-16;;;;;;;/h2-3,8-10,17H,4-7,11-14H2,1H3,(H2,29,30,31,32,33);6-10,12,16-17H,2-5,11,13-14H2,1H3,(H,27,34)(H2,28,29,30,31,32);3-4,7-10,16,33H,5-6,11-12H2,1-2H3,(H2,27,28,29,30,31);7*1H. The first-order valence-corrected chi connectivity index (χ1v) is 38.4. The molecular formula is C74H93F5N22O4S3. The summed E-state index contributed by atoms with van der Waals surface area (Å²) in [4.78, 5) is 68.9. The number of aromatic nitrogens is 13. The maximum absolute atomic E-state index is 15.0. The average molecular weight is 1550 g/mol. The normalized spacial score (nSPS) is 18.1. The lowest BCUT2D eigenvalue weighted by Crippen LogP contribution is -2.63. The van der Waals surface area contributed by atoms with Gasteiger partial charge in [-0.25, -0.2) is 38.7 Å². The van der Waals surface area contributed by atoms with Crippen LogP contribution in [0.3, 0.4) is 0 Å². The largest absolute Gasteiger partial charge is 0.406 e. The molecule has 576 valence electrons. The number of ether oxygens (including phenoxy) is 1. The van der Waals surface area contributed by atoms with Crippen LogP contribution in [0.4, 0.5) is 80.0 Å². The number of fused-ring (bicyclic) bond motifs is 2. The van der Waals surface area contributed by atoms with E-state index in [1.807, 2.05) is 111 Å². The Morgan fingerprint density at radius 2 is 1.14 bits per heavy atom. The number of morpholine rings is 1. The van der Waals surface area contributed by atoms with Gasteiger partial charge in [-0.15, -0.1) is 0 Å². The van der Waals surface area contributed by atoms with Gasteiger partial charge < -0.3 is 50.7 Å². The van der Waals surface area contributed by atoms with Crippen LogP contribution in [-0.4, -0.2) is 188 Å². The highest BCUT2D eigenvalue weighted by atomic mass is 32.2.